The number of hydrogen-bond donors (Lipinski definition) is 2. The van der Waals surface area contributed by atoms with E-state index in [4.69, 9.17) is 9.47 Å². The third-order valence-corrected chi connectivity index (χ3v) is 6.45. The molecular formula is C24H39IN4O3. The molecule has 1 amide bonds. The van der Waals surface area contributed by atoms with Gasteiger partial charge in [-0.05, 0) is 44.7 Å². The second-order valence-corrected chi connectivity index (χ2v) is 8.59. The minimum Gasteiger partial charge on any atom is -0.496 e. The smallest absolute Gasteiger partial charge is 0.225 e. The summed E-state index contributed by atoms with van der Waals surface area (Å²) in [5.41, 5.74) is 2.24. The van der Waals surface area contributed by atoms with Gasteiger partial charge < -0.3 is 25.0 Å². The molecule has 7 nitrogen and oxygen atoms in total. The van der Waals surface area contributed by atoms with E-state index in [-0.39, 0.29) is 36.0 Å². The van der Waals surface area contributed by atoms with Crippen molar-refractivity contribution in [2.45, 2.75) is 71.6 Å². The molecule has 2 aliphatic rings. The number of ether oxygens (including phenoxy) is 2. The summed E-state index contributed by atoms with van der Waals surface area (Å²) < 4.78 is 11.5. The highest BCUT2D eigenvalue weighted by atomic mass is 127. The quantitative estimate of drug-likeness (QED) is 0.303. The molecule has 180 valence electrons. The van der Waals surface area contributed by atoms with Crippen LogP contribution in [-0.2, 0) is 17.8 Å². The maximum absolute atomic E-state index is 12.6. The predicted octanol–water partition coefficient (Wildman–Crippen LogP) is 3.73. The molecule has 1 unspecified atom stereocenters. The van der Waals surface area contributed by atoms with E-state index in [1.165, 1.54) is 5.56 Å². The van der Waals surface area contributed by atoms with Gasteiger partial charge in [-0.1, -0.05) is 13.8 Å². The van der Waals surface area contributed by atoms with Crippen LogP contribution < -0.4 is 20.1 Å². The van der Waals surface area contributed by atoms with Crippen LogP contribution in [0.15, 0.2) is 17.1 Å². The Labute approximate surface area is 209 Å². The molecule has 2 aliphatic heterocycles. The Kier molecular flexibility index (Phi) is 10.4. The van der Waals surface area contributed by atoms with E-state index in [0.29, 0.717) is 18.5 Å². The van der Waals surface area contributed by atoms with Crippen molar-refractivity contribution in [3.63, 3.8) is 0 Å². The number of methoxy groups -OCH3 is 1. The number of likely N-dealkylation sites (tertiary alicyclic amines) is 1. The molecule has 1 fully saturated rings. The first-order valence-electron chi connectivity index (χ1n) is 11.6. The molecule has 2 heterocycles. The summed E-state index contributed by atoms with van der Waals surface area (Å²) in [7, 11) is 3.49. The van der Waals surface area contributed by atoms with Gasteiger partial charge in [-0.2, -0.15) is 0 Å². The minimum absolute atomic E-state index is 0. The highest BCUT2D eigenvalue weighted by Crippen LogP contribution is 2.34. The van der Waals surface area contributed by atoms with Gasteiger partial charge in [0, 0.05) is 56.2 Å². The minimum atomic E-state index is 0. The number of guanidine groups is 1. The van der Waals surface area contributed by atoms with Gasteiger partial charge >= 0.3 is 0 Å². The van der Waals surface area contributed by atoms with Crippen molar-refractivity contribution >= 4 is 35.8 Å². The number of nitrogens with one attached hydrogen (secondary N) is 2. The Morgan fingerprint density at radius 3 is 2.56 bits per heavy atom. The van der Waals surface area contributed by atoms with E-state index < -0.39 is 0 Å². The molecule has 2 N–H and O–H groups in total. The molecule has 1 atom stereocenters. The van der Waals surface area contributed by atoms with Crippen LogP contribution in [0.4, 0.5) is 0 Å². The zero-order valence-electron chi connectivity index (χ0n) is 20.1. The fourth-order valence-electron chi connectivity index (χ4n) is 4.52. The van der Waals surface area contributed by atoms with Gasteiger partial charge in [-0.25, -0.2) is 0 Å². The van der Waals surface area contributed by atoms with E-state index in [1.54, 1.807) is 14.2 Å². The molecule has 0 bridgehead atoms. The Morgan fingerprint density at radius 1 is 1.28 bits per heavy atom. The Bertz CT molecular complexity index is 790. The first kappa shape index (κ1) is 26.5. The molecule has 1 aromatic carbocycles. The highest BCUT2D eigenvalue weighted by molar-refractivity contribution is 14.0. The lowest BCUT2D eigenvalue weighted by molar-refractivity contribution is -0.136. The van der Waals surface area contributed by atoms with Gasteiger partial charge in [0.1, 0.15) is 17.6 Å². The summed E-state index contributed by atoms with van der Waals surface area (Å²) in [6.45, 7) is 8.48. The maximum atomic E-state index is 12.6. The summed E-state index contributed by atoms with van der Waals surface area (Å²) in [6, 6.07) is 4.46. The van der Waals surface area contributed by atoms with Crippen molar-refractivity contribution in [3.05, 3.63) is 23.3 Å². The second-order valence-electron chi connectivity index (χ2n) is 8.59. The predicted molar refractivity (Wildman–Crippen MR) is 139 cm³/mol. The number of piperidine rings is 1. The van der Waals surface area contributed by atoms with Crippen molar-refractivity contribution in [3.8, 4) is 11.5 Å². The summed E-state index contributed by atoms with van der Waals surface area (Å²) in [5, 5.41) is 6.92. The lowest BCUT2D eigenvalue weighted by atomic mass is 9.98. The molecule has 8 heteroatoms. The standard InChI is InChI=1S/C24H38N4O3.HI/c1-6-17(7-2)23(29)28-10-8-20(9-11-28)27-24(25-4)26-15-19-14-22-18(12-16(3)31-22)13-21(19)30-5;/h13-14,16-17,20H,6-12,15H2,1-5H3,(H2,25,26,27);1H. The molecule has 0 saturated carbocycles. The van der Waals surface area contributed by atoms with Gasteiger partial charge in [-0.15, -0.1) is 24.0 Å². The fourth-order valence-corrected chi connectivity index (χ4v) is 4.52. The van der Waals surface area contributed by atoms with Gasteiger partial charge in [0.2, 0.25) is 5.91 Å². The van der Waals surface area contributed by atoms with E-state index in [1.807, 2.05) is 4.90 Å². The van der Waals surface area contributed by atoms with Crippen LogP contribution in [0, 0.1) is 5.92 Å². The van der Waals surface area contributed by atoms with Crippen LogP contribution in [0.2, 0.25) is 0 Å². The lowest BCUT2D eigenvalue weighted by Gasteiger charge is -2.34. The number of halogens is 1. The molecule has 3 rings (SSSR count). The van der Waals surface area contributed by atoms with Crippen molar-refractivity contribution in [2.75, 3.05) is 27.2 Å². The molecule has 1 aromatic rings. The third kappa shape index (κ3) is 6.42. The number of carbonyl (C=O) groups excluding carboxylic acids is 1. The van der Waals surface area contributed by atoms with Crippen molar-refractivity contribution < 1.29 is 14.3 Å². The average molecular weight is 559 g/mol. The molecule has 0 radical (unpaired) electrons. The molecule has 0 aliphatic carbocycles. The molecule has 0 aromatic heterocycles. The zero-order chi connectivity index (χ0) is 22.4. The van der Waals surface area contributed by atoms with Gasteiger partial charge in [0.25, 0.3) is 0 Å². The number of rotatable bonds is 7. The topological polar surface area (TPSA) is 75.2 Å². The third-order valence-electron chi connectivity index (χ3n) is 6.45. The molecule has 1 saturated heterocycles. The van der Waals surface area contributed by atoms with Crippen LogP contribution >= 0.6 is 24.0 Å². The number of fused-ring (bicyclic) bond motifs is 1. The summed E-state index contributed by atoms with van der Waals surface area (Å²) in [6.07, 6.45) is 4.82. The SMILES string of the molecule is CCC(CC)C(=O)N1CCC(NC(=NC)NCc2cc3c(cc2OC)CC(C)O3)CC1.I. The largest absolute Gasteiger partial charge is 0.496 e. The number of carbonyl (C=O) groups is 1. The monoisotopic (exact) mass is 558 g/mol. The number of nitrogens with zero attached hydrogens (tertiary/aromatic N) is 2. The van der Waals surface area contributed by atoms with E-state index in [2.05, 4.69) is 48.5 Å². The number of benzene rings is 1. The van der Waals surface area contributed by atoms with Crippen LogP contribution in [0.25, 0.3) is 0 Å². The number of aliphatic imine (C=N–C) groups is 1. The number of hydrogen-bond acceptors (Lipinski definition) is 4. The lowest BCUT2D eigenvalue weighted by Crippen LogP contribution is -2.50. The van der Waals surface area contributed by atoms with Crippen LogP contribution in [0.3, 0.4) is 0 Å². The van der Waals surface area contributed by atoms with E-state index >= 15 is 0 Å². The van der Waals surface area contributed by atoms with Crippen LogP contribution in [-0.4, -0.2) is 56.2 Å². The van der Waals surface area contributed by atoms with Crippen molar-refractivity contribution in [1.29, 1.82) is 0 Å². The summed E-state index contributed by atoms with van der Waals surface area (Å²) in [5.74, 6) is 3.05. The van der Waals surface area contributed by atoms with Crippen LogP contribution in [0.5, 0.6) is 11.5 Å². The molecular weight excluding hydrogens is 519 g/mol. The molecule has 0 spiro atoms. The Balaban J connectivity index is 0.00000363. The maximum Gasteiger partial charge on any atom is 0.225 e. The van der Waals surface area contributed by atoms with Gasteiger partial charge in [0.05, 0.1) is 7.11 Å². The van der Waals surface area contributed by atoms with E-state index in [9.17, 15) is 4.79 Å². The Hall–Kier alpha value is -1.71. The zero-order valence-corrected chi connectivity index (χ0v) is 22.4. The van der Waals surface area contributed by atoms with Gasteiger partial charge in [0.15, 0.2) is 5.96 Å². The summed E-state index contributed by atoms with van der Waals surface area (Å²) >= 11 is 0. The van der Waals surface area contributed by atoms with Gasteiger partial charge in [-0.3, -0.25) is 9.79 Å². The fraction of sp³-hybridized carbons (Fsp3) is 0.667. The highest BCUT2D eigenvalue weighted by Gasteiger charge is 2.27. The van der Waals surface area contributed by atoms with Crippen molar-refractivity contribution in [2.24, 2.45) is 10.9 Å². The molecule has 32 heavy (non-hydrogen) atoms. The van der Waals surface area contributed by atoms with Crippen LogP contribution in [0.1, 0.15) is 57.6 Å². The second kappa shape index (κ2) is 12.5. The Morgan fingerprint density at radius 2 is 1.97 bits per heavy atom. The normalized spacial score (nSPS) is 18.6. The first-order chi connectivity index (χ1) is 15.0. The first-order valence-corrected chi connectivity index (χ1v) is 11.6. The summed E-state index contributed by atoms with van der Waals surface area (Å²) in [4.78, 5) is 19.0. The average Bonchev–Trinajstić information content (AvgIpc) is 3.15. The van der Waals surface area contributed by atoms with E-state index in [0.717, 1.165) is 68.2 Å². The number of amides is 1. The van der Waals surface area contributed by atoms with Crippen molar-refractivity contribution in [1.82, 2.24) is 15.5 Å².